The zero-order valence-corrected chi connectivity index (χ0v) is 36.4. The molecule has 1 fully saturated rings. The molecule has 0 aliphatic heterocycles. The molecule has 0 bridgehead atoms. The lowest BCUT2D eigenvalue weighted by Crippen LogP contribution is -2.64. The lowest BCUT2D eigenvalue weighted by atomic mass is 9.85. The minimum atomic E-state index is -5.13. The van der Waals surface area contributed by atoms with Crippen molar-refractivity contribution in [3.05, 3.63) is 12.2 Å². The van der Waals surface area contributed by atoms with Crippen molar-refractivity contribution in [2.24, 2.45) is 0 Å². The molecule has 1 aliphatic carbocycles. The van der Waals surface area contributed by atoms with E-state index in [4.69, 9.17) is 9.05 Å². The summed E-state index contributed by atoms with van der Waals surface area (Å²) in [7, 11) is -5.13. The van der Waals surface area contributed by atoms with Crippen molar-refractivity contribution in [1.82, 2.24) is 5.32 Å². The van der Waals surface area contributed by atoms with Crippen LogP contribution in [0.2, 0.25) is 0 Å². The summed E-state index contributed by atoms with van der Waals surface area (Å²) in [5.41, 5.74) is 0. The molecule has 1 saturated carbocycles. The minimum absolute atomic E-state index is 0.242. The summed E-state index contributed by atoms with van der Waals surface area (Å²) < 4.78 is 22.8. The van der Waals surface area contributed by atoms with E-state index in [9.17, 15) is 50.0 Å². The number of phosphoric ester groups is 1. The standard InChI is InChI=1S/C43H84NO12P/c1-3-5-7-9-11-12-13-14-15-16-17-18-19-20-21-22-23-25-27-29-31-36(46)35(44-37(47)32-34(45)30-28-26-24-10-8-6-4-2)33-55-57(53,54)56-43-41(51)39(49)38(48)40(50)42(43)52/h29,31,34-36,38-43,45-46,48-52H,3-28,30,32-33H2,1-2H3,(H,44,47)(H,53,54)/b31-29+. The second-order valence-corrected chi connectivity index (χ2v) is 17.9. The van der Waals surface area contributed by atoms with Crippen LogP contribution in [0.1, 0.15) is 194 Å². The highest BCUT2D eigenvalue weighted by Gasteiger charge is 2.51. The fourth-order valence-electron chi connectivity index (χ4n) is 7.36. The molecule has 0 radical (unpaired) electrons. The monoisotopic (exact) mass is 838 g/mol. The van der Waals surface area contributed by atoms with Crippen LogP contribution in [-0.2, 0) is 18.4 Å². The lowest BCUT2D eigenvalue weighted by Gasteiger charge is -2.41. The second kappa shape index (κ2) is 33.7. The van der Waals surface area contributed by atoms with Gasteiger partial charge in [0.1, 0.15) is 36.6 Å². The van der Waals surface area contributed by atoms with Crippen LogP contribution in [0.25, 0.3) is 0 Å². The maximum atomic E-state index is 12.9. The molecule has 0 aromatic carbocycles. The average Bonchev–Trinajstić information content (AvgIpc) is 3.18. The Labute approximate surface area is 344 Å². The van der Waals surface area contributed by atoms with E-state index < -0.39 is 75.2 Å². The molecule has 1 aliphatic rings. The molecular formula is C43H84NO12P. The van der Waals surface area contributed by atoms with Crippen molar-refractivity contribution in [2.45, 2.75) is 249 Å². The van der Waals surface area contributed by atoms with E-state index in [0.717, 1.165) is 44.9 Å². The van der Waals surface area contributed by atoms with Gasteiger partial charge in [0.05, 0.1) is 31.3 Å². The van der Waals surface area contributed by atoms with Gasteiger partial charge in [-0.05, 0) is 19.3 Å². The van der Waals surface area contributed by atoms with E-state index in [1.54, 1.807) is 6.08 Å². The summed E-state index contributed by atoms with van der Waals surface area (Å²) in [6.07, 6.45) is 20.5. The van der Waals surface area contributed by atoms with Gasteiger partial charge in [0.15, 0.2) is 0 Å². The third-order valence-electron chi connectivity index (χ3n) is 11.1. The molecule has 0 aromatic rings. The van der Waals surface area contributed by atoms with E-state index in [-0.39, 0.29) is 6.42 Å². The molecule has 9 N–H and O–H groups in total. The van der Waals surface area contributed by atoms with Crippen molar-refractivity contribution in [3.63, 3.8) is 0 Å². The largest absolute Gasteiger partial charge is 0.472 e. The predicted molar refractivity (Wildman–Crippen MR) is 224 cm³/mol. The van der Waals surface area contributed by atoms with Gasteiger partial charge in [-0.3, -0.25) is 13.8 Å². The summed E-state index contributed by atoms with van der Waals surface area (Å²) in [4.78, 5) is 23.3. The van der Waals surface area contributed by atoms with Gasteiger partial charge in [-0.25, -0.2) is 4.57 Å². The maximum Gasteiger partial charge on any atom is 0.472 e. The van der Waals surface area contributed by atoms with E-state index in [1.807, 2.05) is 0 Å². The van der Waals surface area contributed by atoms with Gasteiger partial charge in [-0.15, -0.1) is 0 Å². The molecule has 14 heteroatoms. The summed E-state index contributed by atoms with van der Waals surface area (Å²) in [5.74, 6) is -0.595. The Balaban J connectivity index is 2.50. The van der Waals surface area contributed by atoms with Crippen LogP contribution in [0.15, 0.2) is 12.2 Å². The first-order valence-electron chi connectivity index (χ1n) is 22.7. The van der Waals surface area contributed by atoms with Crippen LogP contribution >= 0.6 is 7.82 Å². The molecule has 13 nitrogen and oxygen atoms in total. The molecule has 0 saturated heterocycles. The van der Waals surface area contributed by atoms with Crippen LogP contribution in [-0.4, -0.2) is 108 Å². The molecular weight excluding hydrogens is 753 g/mol. The quantitative estimate of drug-likeness (QED) is 0.0175. The van der Waals surface area contributed by atoms with Crippen molar-refractivity contribution in [3.8, 4) is 0 Å². The van der Waals surface area contributed by atoms with Crippen LogP contribution in [0.3, 0.4) is 0 Å². The Morgan fingerprint density at radius 3 is 1.44 bits per heavy atom. The number of carbonyl (C=O) groups excluding carboxylic acids is 1. The van der Waals surface area contributed by atoms with Gasteiger partial charge < -0.3 is 46.0 Å². The lowest BCUT2D eigenvalue weighted by molar-refractivity contribution is -0.220. The average molecular weight is 838 g/mol. The van der Waals surface area contributed by atoms with Crippen LogP contribution in [0.5, 0.6) is 0 Å². The molecule has 8 atom stereocenters. The summed E-state index contributed by atoms with van der Waals surface area (Å²) in [6.45, 7) is 3.69. The highest BCUT2D eigenvalue weighted by Crippen LogP contribution is 2.47. The van der Waals surface area contributed by atoms with Gasteiger partial charge in [0, 0.05) is 0 Å². The normalized spacial score (nSPS) is 24.0. The number of rotatable bonds is 37. The third kappa shape index (κ3) is 26.1. The van der Waals surface area contributed by atoms with Gasteiger partial charge in [-0.1, -0.05) is 180 Å². The highest BCUT2D eigenvalue weighted by molar-refractivity contribution is 7.47. The number of unbranched alkanes of at least 4 members (excludes halogenated alkanes) is 24. The molecule has 8 unspecified atom stereocenters. The molecule has 0 aromatic heterocycles. The van der Waals surface area contributed by atoms with Crippen LogP contribution in [0, 0.1) is 0 Å². The molecule has 57 heavy (non-hydrogen) atoms. The van der Waals surface area contributed by atoms with Crippen molar-refractivity contribution >= 4 is 13.7 Å². The second-order valence-electron chi connectivity index (χ2n) is 16.4. The smallest absolute Gasteiger partial charge is 0.393 e. The topological polar surface area (TPSA) is 226 Å². The van der Waals surface area contributed by atoms with Crippen LogP contribution < -0.4 is 5.32 Å². The maximum absolute atomic E-state index is 12.9. The first-order chi connectivity index (χ1) is 27.3. The summed E-state index contributed by atoms with van der Waals surface area (Å²) in [6, 6.07) is -1.23. The number of nitrogens with one attached hydrogen (secondary N) is 1. The minimum Gasteiger partial charge on any atom is -0.393 e. The Kier molecular flexibility index (Phi) is 32.0. The molecule has 0 heterocycles. The number of hydrogen-bond acceptors (Lipinski definition) is 11. The first-order valence-corrected chi connectivity index (χ1v) is 24.2. The van der Waals surface area contributed by atoms with Gasteiger partial charge >= 0.3 is 7.82 Å². The van der Waals surface area contributed by atoms with Crippen molar-refractivity contribution in [2.75, 3.05) is 6.61 Å². The van der Waals surface area contributed by atoms with Gasteiger partial charge in [-0.2, -0.15) is 0 Å². The number of phosphoric acid groups is 1. The van der Waals surface area contributed by atoms with Gasteiger partial charge in [0.2, 0.25) is 5.91 Å². The predicted octanol–water partition coefficient (Wildman–Crippen LogP) is 7.03. The fraction of sp³-hybridized carbons (Fsp3) is 0.930. The van der Waals surface area contributed by atoms with Crippen LogP contribution in [0.4, 0.5) is 0 Å². The number of carbonyl (C=O) groups is 1. The number of aliphatic hydroxyl groups is 7. The number of aliphatic hydroxyl groups excluding tert-OH is 7. The molecule has 0 spiro atoms. The summed E-state index contributed by atoms with van der Waals surface area (Å²) >= 11 is 0. The molecule has 1 rings (SSSR count). The van der Waals surface area contributed by atoms with E-state index in [1.165, 1.54) is 122 Å². The summed E-state index contributed by atoms with van der Waals surface area (Å²) in [5, 5.41) is 74.2. The van der Waals surface area contributed by atoms with E-state index in [2.05, 4.69) is 19.2 Å². The molecule has 338 valence electrons. The first kappa shape index (κ1) is 54.1. The third-order valence-corrected chi connectivity index (χ3v) is 12.1. The van der Waals surface area contributed by atoms with E-state index >= 15 is 0 Å². The fourth-order valence-corrected chi connectivity index (χ4v) is 8.33. The van der Waals surface area contributed by atoms with Crippen molar-refractivity contribution in [1.29, 1.82) is 0 Å². The number of hydrogen-bond donors (Lipinski definition) is 9. The Morgan fingerprint density at radius 2 is 1.00 bits per heavy atom. The molecule has 1 amide bonds. The van der Waals surface area contributed by atoms with Crippen molar-refractivity contribution < 1.29 is 59.0 Å². The van der Waals surface area contributed by atoms with E-state index in [0.29, 0.717) is 12.8 Å². The Bertz CT molecular complexity index is 1040. The zero-order valence-electron chi connectivity index (χ0n) is 35.5. The van der Waals surface area contributed by atoms with Gasteiger partial charge in [0.25, 0.3) is 0 Å². The number of allylic oxidation sites excluding steroid dienone is 1. The SMILES string of the molecule is CCCCCCCCCCCCCCCCCCCC/C=C/C(O)C(COP(=O)(O)OC1C(O)C(O)C(O)C(O)C1O)NC(=O)CC(O)CCCCCCCCC. The Hall–Kier alpha value is -0.960. The highest BCUT2D eigenvalue weighted by atomic mass is 31.2. The Morgan fingerprint density at radius 1 is 0.614 bits per heavy atom. The number of amides is 1. The zero-order chi connectivity index (χ0) is 42.3.